The van der Waals surface area contributed by atoms with Crippen molar-refractivity contribution in [3.8, 4) is 11.3 Å². The summed E-state index contributed by atoms with van der Waals surface area (Å²) in [5, 5.41) is 3.65. The van der Waals surface area contributed by atoms with E-state index in [1.807, 2.05) is 18.7 Å². The molecule has 96 valence electrons. The Balaban J connectivity index is 2.36. The molecule has 0 amide bonds. The van der Waals surface area contributed by atoms with Gasteiger partial charge in [-0.3, -0.25) is 0 Å². The van der Waals surface area contributed by atoms with Crippen LogP contribution in [0, 0.1) is 5.82 Å². The Labute approximate surface area is 111 Å². The first kappa shape index (κ1) is 13.1. The average Bonchev–Trinajstić information content (AvgIpc) is 2.65. The molecule has 5 heteroatoms. The van der Waals surface area contributed by atoms with Crippen molar-refractivity contribution in [1.29, 1.82) is 0 Å². The Morgan fingerprint density at radius 1 is 1.33 bits per heavy atom. The van der Waals surface area contributed by atoms with Crippen molar-refractivity contribution in [3.05, 3.63) is 41.1 Å². The lowest BCUT2D eigenvalue weighted by Gasteiger charge is -2.00. The van der Waals surface area contributed by atoms with E-state index in [1.54, 1.807) is 12.1 Å². The van der Waals surface area contributed by atoms with Gasteiger partial charge in [-0.2, -0.15) is 0 Å². The Morgan fingerprint density at radius 3 is 2.61 bits per heavy atom. The summed E-state index contributed by atoms with van der Waals surface area (Å²) in [6.07, 6.45) is 0.800. The van der Waals surface area contributed by atoms with E-state index in [2.05, 4.69) is 10.3 Å². The molecule has 1 N–H and O–H groups in total. The molecule has 2 aromatic rings. The Kier molecular flexibility index (Phi) is 3.99. The van der Waals surface area contributed by atoms with Gasteiger partial charge in [-0.05, 0) is 31.3 Å². The molecule has 0 atom stereocenters. The van der Waals surface area contributed by atoms with Gasteiger partial charge in [-0.25, -0.2) is 9.37 Å². The molecule has 0 aliphatic carbocycles. The fourth-order valence-electron chi connectivity index (χ4n) is 1.77. The lowest BCUT2D eigenvalue weighted by atomic mass is 10.2. The van der Waals surface area contributed by atoms with Crippen molar-refractivity contribution in [3.63, 3.8) is 0 Å². The SMILES string of the molecule is CNCCc1nc(-c2ccc(F)cc2)c(Cl)n1C. The summed E-state index contributed by atoms with van der Waals surface area (Å²) in [5.41, 5.74) is 1.53. The molecule has 1 heterocycles. The maximum absolute atomic E-state index is 12.9. The summed E-state index contributed by atoms with van der Waals surface area (Å²) in [5.74, 6) is 0.648. The van der Waals surface area contributed by atoms with Crippen molar-refractivity contribution < 1.29 is 4.39 Å². The van der Waals surface area contributed by atoms with E-state index in [1.165, 1.54) is 12.1 Å². The Morgan fingerprint density at radius 2 is 2.00 bits per heavy atom. The molecule has 0 spiro atoms. The summed E-state index contributed by atoms with van der Waals surface area (Å²) in [6, 6.07) is 6.19. The number of likely N-dealkylation sites (N-methyl/N-ethyl adjacent to an activating group) is 1. The topological polar surface area (TPSA) is 29.9 Å². The van der Waals surface area contributed by atoms with Crippen LogP contribution in [0.15, 0.2) is 24.3 Å². The van der Waals surface area contributed by atoms with Crippen molar-refractivity contribution >= 4 is 11.6 Å². The van der Waals surface area contributed by atoms with Crippen LogP contribution in [0.1, 0.15) is 5.82 Å². The van der Waals surface area contributed by atoms with Crippen LogP contribution in [0.25, 0.3) is 11.3 Å². The van der Waals surface area contributed by atoms with E-state index in [4.69, 9.17) is 11.6 Å². The fraction of sp³-hybridized carbons (Fsp3) is 0.308. The molecule has 0 saturated carbocycles. The molecule has 0 radical (unpaired) electrons. The first-order chi connectivity index (χ1) is 8.63. The van der Waals surface area contributed by atoms with Gasteiger partial charge in [0.1, 0.15) is 22.5 Å². The van der Waals surface area contributed by atoms with Crippen LogP contribution in [0.3, 0.4) is 0 Å². The smallest absolute Gasteiger partial charge is 0.136 e. The van der Waals surface area contributed by atoms with Gasteiger partial charge in [0.15, 0.2) is 0 Å². The lowest BCUT2D eigenvalue weighted by molar-refractivity contribution is 0.628. The maximum atomic E-state index is 12.9. The molecule has 3 nitrogen and oxygen atoms in total. The molecule has 0 saturated heterocycles. The van der Waals surface area contributed by atoms with E-state index < -0.39 is 0 Å². The standard InChI is InChI=1S/C13H15ClFN3/c1-16-8-7-11-17-12(13(14)18(11)2)9-3-5-10(15)6-4-9/h3-6,16H,7-8H2,1-2H3. The minimum Gasteiger partial charge on any atom is -0.322 e. The van der Waals surface area contributed by atoms with Crippen LogP contribution in [-0.4, -0.2) is 23.1 Å². The number of rotatable bonds is 4. The molecular formula is C13H15ClFN3. The first-order valence-electron chi connectivity index (χ1n) is 5.75. The summed E-state index contributed by atoms with van der Waals surface area (Å²) in [7, 11) is 3.78. The van der Waals surface area contributed by atoms with Crippen LogP contribution in [0.2, 0.25) is 5.15 Å². The molecule has 18 heavy (non-hydrogen) atoms. The fourth-order valence-corrected chi connectivity index (χ4v) is 2.02. The van der Waals surface area contributed by atoms with Gasteiger partial charge < -0.3 is 9.88 Å². The zero-order valence-corrected chi connectivity index (χ0v) is 11.1. The zero-order chi connectivity index (χ0) is 13.1. The third-order valence-corrected chi connectivity index (χ3v) is 3.27. The summed E-state index contributed by atoms with van der Waals surface area (Å²) in [4.78, 5) is 4.52. The van der Waals surface area contributed by atoms with Crippen molar-refractivity contribution in [1.82, 2.24) is 14.9 Å². The second kappa shape index (κ2) is 5.50. The van der Waals surface area contributed by atoms with Gasteiger partial charge >= 0.3 is 0 Å². The van der Waals surface area contributed by atoms with Crippen LogP contribution in [0.4, 0.5) is 4.39 Å². The first-order valence-corrected chi connectivity index (χ1v) is 6.13. The third-order valence-electron chi connectivity index (χ3n) is 2.83. The van der Waals surface area contributed by atoms with Gasteiger partial charge in [0.05, 0.1) is 0 Å². The van der Waals surface area contributed by atoms with Crippen LogP contribution in [0.5, 0.6) is 0 Å². The van der Waals surface area contributed by atoms with Crippen LogP contribution < -0.4 is 5.32 Å². The minimum atomic E-state index is -0.263. The van der Waals surface area contributed by atoms with Gasteiger partial charge in [0.25, 0.3) is 0 Å². The maximum Gasteiger partial charge on any atom is 0.136 e. The van der Waals surface area contributed by atoms with E-state index in [9.17, 15) is 4.39 Å². The summed E-state index contributed by atoms with van der Waals surface area (Å²) < 4.78 is 14.7. The van der Waals surface area contributed by atoms with Gasteiger partial charge in [-0.15, -0.1) is 0 Å². The predicted molar refractivity (Wildman–Crippen MR) is 71.2 cm³/mol. The molecule has 1 aromatic heterocycles. The molecule has 0 aliphatic heterocycles. The molecule has 1 aromatic carbocycles. The highest BCUT2D eigenvalue weighted by Crippen LogP contribution is 2.27. The number of hydrogen-bond donors (Lipinski definition) is 1. The van der Waals surface area contributed by atoms with Gasteiger partial charge in [0, 0.05) is 25.6 Å². The molecule has 0 fully saturated rings. The summed E-state index contributed by atoms with van der Waals surface area (Å²) in [6.45, 7) is 0.837. The van der Waals surface area contributed by atoms with Crippen LogP contribution in [-0.2, 0) is 13.5 Å². The number of nitrogens with zero attached hydrogens (tertiary/aromatic N) is 2. The normalized spacial score (nSPS) is 10.9. The second-order valence-electron chi connectivity index (χ2n) is 4.09. The molecule has 0 bridgehead atoms. The highest BCUT2D eigenvalue weighted by atomic mass is 35.5. The highest BCUT2D eigenvalue weighted by molar-refractivity contribution is 6.32. The summed E-state index contributed by atoms with van der Waals surface area (Å²) >= 11 is 6.25. The van der Waals surface area contributed by atoms with Crippen molar-refractivity contribution in [2.75, 3.05) is 13.6 Å². The van der Waals surface area contributed by atoms with Crippen molar-refractivity contribution in [2.45, 2.75) is 6.42 Å². The van der Waals surface area contributed by atoms with E-state index >= 15 is 0 Å². The third kappa shape index (κ3) is 2.54. The van der Waals surface area contributed by atoms with Gasteiger partial charge in [0.2, 0.25) is 0 Å². The number of hydrogen-bond acceptors (Lipinski definition) is 2. The van der Waals surface area contributed by atoms with E-state index in [0.717, 1.165) is 24.4 Å². The monoisotopic (exact) mass is 267 g/mol. The number of halogens is 2. The Bertz CT molecular complexity index is 534. The van der Waals surface area contributed by atoms with E-state index in [0.29, 0.717) is 10.8 Å². The van der Waals surface area contributed by atoms with Crippen molar-refractivity contribution in [2.24, 2.45) is 7.05 Å². The molecule has 2 rings (SSSR count). The minimum absolute atomic E-state index is 0.263. The molecular weight excluding hydrogens is 253 g/mol. The van der Waals surface area contributed by atoms with E-state index in [-0.39, 0.29) is 5.82 Å². The zero-order valence-electron chi connectivity index (χ0n) is 10.4. The number of aromatic nitrogens is 2. The van der Waals surface area contributed by atoms with Crippen LogP contribution >= 0.6 is 11.6 Å². The average molecular weight is 268 g/mol. The Hall–Kier alpha value is -1.39. The highest BCUT2D eigenvalue weighted by Gasteiger charge is 2.14. The largest absolute Gasteiger partial charge is 0.322 e. The molecule has 0 aliphatic rings. The lowest BCUT2D eigenvalue weighted by Crippen LogP contribution is -2.13. The predicted octanol–water partition coefficient (Wildman–Crippen LogP) is 2.64. The quantitative estimate of drug-likeness (QED) is 0.923. The second-order valence-corrected chi connectivity index (χ2v) is 4.44. The number of benzene rings is 1. The molecule has 0 unspecified atom stereocenters. The van der Waals surface area contributed by atoms with Gasteiger partial charge in [-0.1, -0.05) is 11.6 Å². The number of imidazole rings is 1. The number of nitrogens with one attached hydrogen (secondary N) is 1.